The van der Waals surface area contributed by atoms with Crippen molar-refractivity contribution in [2.45, 2.75) is 46.6 Å². The van der Waals surface area contributed by atoms with Crippen LogP contribution in [0.5, 0.6) is 5.75 Å². The molecule has 0 fully saturated rings. The van der Waals surface area contributed by atoms with Crippen molar-refractivity contribution in [3.05, 3.63) is 28.2 Å². The number of nitrogens with one attached hydrogen (secondary N) is 1. The van der Waals surface area contributed by atoms with Crippen molar-refractivity contribution in [1.29, 1.82) is 0 Å². The minimum Gasteiger partial charge on any atom is -0.494 e. The molecule has 0 saturated heterocycles. The van der Waals surface area contributed by atoms with E-state index in [2.05, 4.69) is 60.2 Å². The van der Waals surface area contributed by atoms with Gasteiger partial charge in [-0.2, -0.15) is 0 Å². The molecule has 0 saturated carbocycles. The van der Waals surface area contributed by atoms with Crippen LogP contribution in [0.1, 0.15) is 52.1 Å². The summed E-state index contributed by atoms with van der Waals surface area (Å²) in [5.41, 5.74) is 1.32. The molecule has 1 unspecified atom stereocenters. The lowest BCUT2D eigenvalue weighted by Crippen LogP contribution is -2.24. The van der Waals surface area contributed by atoms with Crippen LogP contribution in [0, 0.1) is 5.92 Å². The summed E-state index contributed by atoms with van der Waals surface area (Å²) >= 11 is 3.68. The molecule has 0 aliphatic carbocycles. The fraction of sp³-hybridized carbons (Fsp3) is 0.625. The van der Waals surface area contributed by atoms with E-state index in [4.69, 9.17) is 4.74 Å². The third-order valence-electron chi connectivity index (χ3n) is 3.01. The van der Waals surface area contributed by atoms with Gasteiger partial charge >= 0.3 is 0 Å². The number of hydrogen-bond donors (Lipinski definition) is 1. The standard InChI is InChI=1S/C16H26BrNO/c1-5-9-18-16(10-12(3)4)14-8-7-13(19-6-2)11-15(14)17/h7-8,11-12,16,18H,5-6,9-10H2,1-4H3. The second-order valence-electron chi connectivity index (χ2n) is 5.25. The molecule has 0 bridgehead atoms. The predicted molar refractivity (Wildman–Crippen MR) is 85.8 cm³/mol. The molecule has 0 heterocycles. The van der Waals surface area contributed by atoms with Crippen LogP contribution in [0.25, 0.3) is 0 Å². The van der Waals surface area contributed by atoms with Crippen LogP contribution in [-0.4, -0.2) is 13.2 Å². The van der Waals surface area contributed by atoms with Crippen LogP contribution < -0.4 is 10.1 Å². The maximum atomic E-state index is 5.53. The van der Waals surface area contributed by atoms with Crippen molar-refractivity contribution in [3.63, 3.8) is 0 Å². The van der Waals surface area contributed by atoms with Crippen molar-refractivity contribution in [2.75, 3.05) is 13.2 Å². The Morgan fingerprint density at radius 1 is 1.26 bits per heavy atom. The molecule has 0 radical (unpaired) electrons. The average Bonchev–Trinajstić information content (AvgIpc) is 2.35. The van der Waals surface area contributed by atoms with E-state index in [1.54, 1.807) is 0 Å². The average molecular weight is 328 g/mol. The Labute approximate surface area is 126 Å². The van der Waals surface area contributed by atoms with Crippen molar-refractivity contribution in [1.82, 2.24) is 5.32 Å². The Morgan fingerprint density at radius 2 is 2.00 bits per heavy atom. The van der Waals surface area contributed by atoms with Crippen molar-refractivity contribution >= 4 is 15.9 Å². The summed E-state index contributed by atoms with van der Waals surface area (Å²) in [6.07, 6.45) is 2.30. The first kappa shape index (κ1) is 16.5. The first-order chi connectivity index (χ1) is 9.08. The van der Waals surface area contributed by atoms with Gasteiger partial charge in [0.25, 0.3) is 0 Å². The highest BCUT2D eigenvalue weighted by atomic mass is 79.9. The predicted octanol–water partition coefficient (Wildman–Crippen LogP) is 4.93. The van der Waals surface area contributed by atoms with E-state index in [9.17, 15) is 0 Å². The largest absolute Gasteiger partial charge is 0.494 e. The number of halogens is 1. The monoisotopic (exact) mass is 327 g/mol. The van der Waals surface area contributed by atoms with Gasteiger partial charge in [0, 0.05) is 10.5 Å². The number of hydrogen-bond acceptors (Lipinski definition) is 2. The first-order valence-electron chi connectivity index (χ1n) is 7.24. The molecule has 0 aromatic heterocycles. The molecular weight excluding hydrogens is 302 g/mol. The minimum atomic E-state index is 0.407. The Morgan fingerprint density at radius 3 is 2.53 bits per heavy atom. The number of ether oxygens (including phenoxy) is 1. The fourth-order valence-electron chi connectivity index (χ4n) is 2.16. The SMILES string of the molecule is CCCNC(CC(C)C)c1ccc(OCC)cc1Br. The molecule has 1 aromatic carbocycles. The van der Waals surface area contributed by atoms with Gasteiger partial charge in [-0.25, -0.2) is 0 Å². The van der Waals surface area contributed by atoms with Crippen molar-refractivity contribution < 1.29 is 4.74 Å². The molecular formula is C16H26BrNO. The summed E-state index contributed by atoms with van der Waals surface area (Å²) in [7, 11) is 0. The van der Waals surface area contributed by atoms with Crippen LogP contribution in [0.3, 0.4) is 0 Å². The van der Waals surface area contributed by atoms with Gasteiger partial charge in [0.1, 0.15) is 5.75 Å². The normalized spacial score (nSPS) is 12.7. The molecule has 19 heavy (non-hydrogen) atoms. The van der Waals surface area contributed by atoms with E-state index in [0.29, 0.717) is 18.6 Å². The van der Waals surface area contributed by atoms with Crippen LogP contribution in [0.15, 0.2) is 22.7 Å². The molecule has 1 atom stereocenters. The Hall–Kier alpha value is -0.540. The third-order valence-corrected chi connectivity index (χ3v) is 3.69. The van der Waals surface area contributed by atoms with Crippen molar-refractivity contribution in [3.8, 4) is 5.75 Å². The van der Waals surface area contributed by atoms with E-state index in [-0.39, 0.29) is 0 Å². The van der Waals surface area contributed by atoms with Gasteiger partial charge in [-0.3, -0.25) is 0 Å². The summed E-state index contributed by atoms with van der Waals surface area (Å²) < 4.78 is 6.67. The van der Waals surface area contributed by atoms with Gasteiger partial charge in [-0.1, -0.05) is 42.8 Å². The molecule has 3 heteroatoms. The van der Waals surface area contributed by atoms with Gasteiger partial charge in [0.2, 0.25) is 0 Å². The molecule has 1 rings (SSSR count). The van der Waals surface area contributed by atoms with E-state index in [1.165, 1.54) is 5.56 Å². The highest BCUT2D eigenvalue weighted by molar-refractivity contribution is 9.10. The van der Waals surface area contributed by atoms with E-state index < -0.39 is 0 Å². The zero-order valence-electron chi connectivity index (χ0n) is 12.5. The van der Waals surface area contributed by atoms with E-state index in [0.717, 1.165) is 29.6 Å². The van der Waals surface area contributed by atoms with Crippen LogP contribution in [0.2, 0.25) is 0 Å². The van der Waals surface area contributed by atoms with Gasteiger partial charge < -0.3 is 10.1 Å². The van der Waals surface area contributed by atoms with Gasteiger partial charge in [-0.05, 0) is 49.9 Å². The molecule has 108 valence electrons. The second-order valence-corrected chi connectivity index (χ2v) is 6.11. The highest BCUT2D eigenvalue weighted by Gasteiger charge is 2.15. The maximum Gasteiger partial charge on any atom is 0.120 e. The topological polar surface area (TPSA) is 21.3 Å². The first-order valence-corrected chi connectivity index (χ1v) is 8.03. The van der Waals surface area contributed by atoms with Gasteiger partial charge in [0.05, 0.1) is 6.61 Å². The zero-order valence-corrected chi connectivity index (χ0v) is 14.1. The fourth-order valence-corrected chi connectivity index (χ4v) is 2.79. The van der Waals surface area contributed by atoms with Crippen LogP contribution in [0.4, 0.5) is 0 Å². The second kappa shape index (κ2) is 8.60. The Balaban J connectivity index is 2.87. The summed E-state index contributed by atoms with van der Waals surface area (Å²) in [5.74, 6) is 1.60. The summed E-state index contributed by atoms with van der Waals surface area (Å²) in [6, 6.07) is 6.71. The Bertz CT molecular complexity index is 379. The van der Waals surface area contributed by atoms with Crippen LogP contribution >= 0.6 is 15.9 Å². The Kier molecular flexibility index (Phi) is 7.47. The lowest BCUT2D eigenvalue weighted by molar-refractivity contribution is 0.339. The number of rotatable bonds is 8. The molecule has 0 aliphatic rings. The highest BCUT2D eigenvalue weighted by Crippen LogP contribution is 2.31. The smallest absolute Gasteiger partial charge is 0.120 e. The maximum absolute atomic E-state index is 5.53. The number of benzene rings is 1. The lowest BCUT2D eigenvalue weighted by Gasteiger charge is -2.22. The molecule has 0 aliphatic heterocycles. The molecule has 1 N–H and O–H groups in total. The van der Waals surface area contributed by atoms with E-state index in [1.807, 2.05) is 6.92 Å². The molecule has 2 nitrogen and oxygen atoms in total. The summed E-state index contributed by atoms with van der Waals surface area (Å²) in [5, 5.41) is 3.64. The molecule has 0 spiro atoms. The minimum absolute atomic E-state index is 0.407. The van der Waals surface area contributed by atoms with Crippen molar-refractivity contribution in [2.24, 2.45) is 5.92 Å². The third kappa shape index (κ3) is 5.53. The molecule has 0 amide bonds. The lowest BCUT2D eigenvalue weighted by atomic mass is 9.97. The summed E-state index contributed by atoms with van der Waals surface area (Å²) in [6.45, 7) is 10.5. The quantitative estimate of drug-likeness (QED) is 0.730. The van der Waals surface area contributed by atoms with Crippen LogP contribution in [-0.2, 0) is 0 Å². The molecule has 1 aromatic rings. The zero-order chi connectivity index (χ0) is 14.3. The van der Waals surface area contributed by atoms with E-state index >= 15 is 0 Å². The van der Waals surface area contributed by atoms with Gasteiger partial charge in [0.15, 0.2) is 0 Å². The van der Waals surface area contributed by atoms with Gasteiger partial charge in [-0.15, -0.1) is 0 Å². The summed E-state index contributed by atoms with van der Waals surface area (Å²) in [4.78, 5) is 0.